The van der Waals surface area contributed by atoms with E-state index in [1.165, 1.54) is 0 Å². The number of fused-ring (bicyclic) bond motifs is 12. The van der Waals surface area contributed by atoms with Crippen molar-refractivity contribution in [2.75, 3.05) is 0 Å². The molecule has 4 aliphatic rings. The number of alkyl halides is 6. The summed E-state index contributed by atoms with van der Waals surface area (Å²) in [7, 11) is 0. The van der Waals surface area contributed by atoms with Crippen molar-refractivity contribution in [3.05, 3.63) is 31.2 Å². The summed E-state index contributed by atoms with van der Waals surface area (Å²) < 4.78 is 4.76. The number of halogens is 10. The van der Waals surface area contributed by atoms with Crippen molar-refractivity contribution >= 4 is 116 Å². The van der Waals surface area contributed by atoms with Crippen LogP contribution in [0.25, 0.3) is 0 Å². The van der Waals surface area contributed by atoms with Crippen LogP contribution in [0.15, 0.2) is 0 Å². The molecule has 0 spiro atoms. The molecule has 0 aromatic heterocycles. The van der Waals surface area contributed by atoms with E-state index in [4.69, 9.17) is 121 Å². The maximum Gasteiger partial charge on any atom is 0.160 e. The van der Waals surface area contributed by atoms with Crippen LogP contribution >= 0.6 is 116 Å². The third kappa shape index (κ3) is 1.87. The monoisotopic (exact) mass is 566 g/mol. The molecule has 0 N–H and O–H groups in total. The highest BCUT2D eigenvalue weighted by atomic mass is 35.5. The van der Waals surface area contributed by atoms with Gasteiger partial charge in [0.25, 0.3) is 0 Å². The first-order valence-corrected chi connectivity index (χ1v) is 11.8. The van der Waals surface area contributed by atoms with E-state index in [0.29, 0.717) is 11.1 Å². The minimum absolute atomic E-state index is 0.143. The van der Waals surface area contributed by atoms with Gasteiger partial charge < -0.3 is 4.74 Å². The predicted octanol–water partition coefficient (Wildman–Crippen LogP) is 8.20. The summed E-state index contributed by atoms with van der Waals surface area (Å²) in [6, 6.07) is 0. The summed E-state index contributed by atoms with van der Waals surface area (Å²) in [5, 5.41) is -0.797. The van der Waals surface area contributed by atoms with Gasteiger partial charge in [0.05, 0.1) is 42.5 Å². The summed E-state index contributed by atoms with van der Waals surface area (Å²) in [5.74, 6) is -0.924. The topological polar surface area (TPSA) is 9.23 Å². The highest BCUT2D eigenvalue weighted by Gasteiger charge is 2.92. The molecule has 2 aliphatic carbocycles. The molecule has 0 radical (unpaired) electrons. The Morgan fingerprint density at radius 2 is 1.30 bits per heavy atom. The minimum Gasteiger partial charge on any atom is -0.362 e. The average Bonchev–Trinajstić information content (AvgIpc) is 3.16. The lowest BCUT2D eigenvalue weighted by Crippen LogP contribution is -2.55. The molecule has 4 bridgehead atoms. The van der Waals surface area contributed by atoms with Crippen LogP contribution in [0.3, 0.4) is 0 Å². The van der Waals surface area contributed by atoms with Crippen LogP contribution in [-0.2, 0) is 10.3 Å². The molecule has 148 valence electrons. The number of hydrogen-bond donors (Lipinski definition) is 0. The van der Waals surface area contributed by atoms with Gasteiger partial charge in [-0.15, -0.1) is 46.4 Å². The van der Waals surface area contributed by atoms with Gasteiger partial charge in [0.15, 0.2) is 4.33 Å². The summed E-state index contributed by atoms with van der Waals surface area (Å²) >= 11 is 66.5. The van der Waals surface area contributed by atoms with Crippen LogP contribution in [0.5, 0.6) is 0 Å². The van der Waals surface area contributed by atoms with E-state index in [0.717, 1.165) is 0 Å². The fraction of sp³-hybridized carbons (Fsp3) is 0.625. The van der Waals surface area contributed by atoms with Crippen molar-refractivity contribution in [3.8, 4) is 0 Å². The Morgan fingerprint density at radius 3 is 1.89 bits per heavy atom. The smallest absolute Gasteiger partial charge is 0.160 e. The van der Waals surface area contributed by atoms with Gasteiger partial charge in [-0.2, -0.15) is 0 Å². The molecule has 2 aliphatic heterocycles. The van der Waals surface area contributed by atoms with E-state index in [-0.39, 0.29) is 20.1 Å². The van der Waals surface area contributed by atoms with Gasteiger partial charge in [0.1, 0.15) is 9.75 Å². The molecular weight excluding hydrogens is 563 g/mol. The molecule has 1 aromatic carbocycles. The zero-order valence-corrected chi connectivity index (χ0v) is 20.6. The molecule has 5 rings (SSSR count). The Labute approximate surface area is 205 Å². The number of ether oxygens (including phenoxy) is 1. The van der Waals surface area contributed by atoms with Crippen LogP contribution in [-0.4, -0.2) is 24.8 Å². The minimum atomic E-state index is -1.62. The lowest BCUT2D eigenvalue weighted by Gasteiger charge is -2.46. The van der Waals surface area contributed by atoms with E-state index in [1.807, 2.05) is 6.92 Å². The average molecular weight is 571 g/mol. The Morgan fingerprint density at radius 1 is 0.778 bits per heavy atom. The summed E-state index contributed by atoms with van der Waals surface area (Å²) in [5.41, 5.74) is 0.213. The summed E-state index contributed by atoms with van der Waals surface area (Å²) in [4.78, 5) is -2.71. The van der Waals surface area contributed by atoms with E-state index < -0.39 is 48.4 Å². The lowest BCUT2D eigenvalue weighted by atomic mass is 9.63. The van der Waals surface area contributed by atoms with Gasteiger partial charge in [-0.05, 0) is 6.92 Å². The van der Waals surface area contributed by atoms with E-state index >= 15 is 0 Å². The zero-order valence-electron chi connectivity index (χ0n) is 13.1. The molecule has 8 atom stereocenters. The van der Waals surface area contributed by atoms with Gasteiger partial charge in [0.2, 0.25) is 0 Å². The largest absolute Gasteiger partial charge is 0.362 e. The van der Waals surface area contributed by atoms with Crippen molar-refractivity contribution in [3.63, 3.8) is 0 Å². The molecule has 0 amide bonds. The molecule has 27 heavy (non-hydrogen) atoms. The first-order valence-electron chi connectivity index (χ1n) is 7.87. The first kappa shape index (κ1) is 21.0. The molecule has 2 unspecified atom stereocenters. The van der Waals surface area contributed by atoms with Crippen LogP contribution < -0.4 is 0 Å². The quantitative estimate of drug-likeness (QED) is 0.174. The fourth-order valence-corrected chi connectivity index (χ4v) is 10.4. The predicted molar refractivity (Wildman–Crippen MR) is 116 cm³/mol. The van der Waals surface area contributed by atoms with E-state index in [2.05, 4.69) is 0 Å². The number of benzene rings is 1. The van der Waals surface area contributed by atoms with E-state index in [9.17, 15) is 0 Å². The molecular formula is C16H8Cl10O. The number of hydrogen-bond acceptors (Lipinski definition) is 1. The summed E-state index contributed by atoms with van der Waals surface area (Å²) in [6.07, 6.45) is -0.602. The number of rotatable bonds is 0. The molecule has 1 aromatic rings. The first-order chi connectivity index (χ1) is 12.3. The second kappa shape index (κ2) is 5.70. The maximum atomic E-state index is 7.06. The van der Waals surface area contributed by atoms with Crippen molar-refractivity contribution in [1.29, 1.82) is 0 Å². The van der Waals surface area contributed by atoms with E-state index in [1.54, 1.807) is 0 Å². The lowest BCUT2D eigenvalue weighted by molar-refractivity contribution is -0.0363. The van der Waals surface area contributed by atoms with Crippen LogP contribution in [0.1, 0.15) is 24.2 Å². The van der Waals surface area contributed by atoms with Crippen molar-refractivity contribution in [1.82, 2.24) is 0 Å². The van der Waals surface area contributed by atoms with Gasteiger partial charge in [-0.3, -0.25) is 0 Å². The highest BCUT2D eigenvalue weighted by Crippen LogP contribution is 2.84. The van der Waals surface area contributed by atoms with Gasteiger partial charge >= 0.3 is 0 Å². The molecule has 2 heterocycles. The molecule has 1 nitrogen and oxygen atoms in total. The van der Waals surface area contributed by atoms with Gasteiger partial charge in [-0.25, -0.2) is 0 Å². The highest BCUT2D eigenvalue weighted by molar-refractivity contribution is 6.63. The third-order valence-electron chi connectivity index (χ3n) is 6.69. The second-order valence-corrected chi connectivity index (χ2v) is 12.6. The Kier molecular flexibility index (Phi) is 4.43. The second-order valence-electron chi connectivity index (χ2n) is 7.61. The Hall–Kier alpha value is 2.08. The third-order valence-corrected chi connectivity index (χ3v) is 13.2. The van der Waals surface area contributed by atoms with Gasteiger partial charge in [-0.1, -0.05) is 69.6 Å². The zero-order chi connectivity index (χ0) is 20.1. The Balaban J connectivity index is 1.86. The van der Waals surface area contributed by atoms with Crippen molar-refractivity contribution in [2.24, 2.45) is 11.8 Å². The van der Waals surface area contributed by atoms with Crippen LogP contribution in [0.4, 0.5) is 0 Å². The normalized spacial score (nSPS) is 51.0. The molecule has 3 fully saturated rings. The van der Waals surface area contributed by atoms with Crippen molar-refractivity contribution < 1.29 is 4.74 Å². The molecule has 2 saturated carbocycles. The van der Waals surface area contributed by atoms with Crippen molar-refractivity contribution in [2.45, 2.75) is 43.5 Å². The van der Waals surface area contributed by atoms with Gasteiger partial charge in [0, 0.05) is 23.0 Å². The summed E-state index contributed by atoms with van der Waals surface area (Å²) in [6.45, 7) is 1.84. The standard InChI is InChI=1S/C16H8Cl10O/c1-13-3-2(5(17)7(19)8(20)6(3)18)9(27-13)4-10(13)15(24)12(22)11(21)14(4,23)16(15,25)26/h4,9-12H,1H3/t4-,9+,10-,11?,12?,13-,14-,15+/m0/s1. The van der Waals surface area contributed by atoms with Crippen LogP contribution in [0.2, 0.25) is 20.1 Å². The fourth-order valence-electron chi connectivity index (χ4n) is 5.73. The molecule has 11 heteroatoms. The molecule has 1 saturated heterocycles. The van der Waals surface area contributed by atoms with Crippen LogP contribution in [0, 0.1) is 11.8 Å². The Bertz CT molecular complexity index is 919. The SMILES string of the molecule is C[C@]12O[C@H](c3c(Cl)c(Cl)c(Cl)c(Cl)c31)[C@H]1[C@@H]2[C@@]2(Cl)C(Cl)C(Cl)[C@]1(Cl)C2(Cl)Cl. The maximum absolute atomic E-state index is 7.06.